The molecule has 152 valence electrons. The van der Waals surface area contributed by atoms with E-state index in [4.69, 9.17) is 27.9 Å². The van der Waals surface area contributed by atoms with Gasteiger partial charge in [0.2, 0.25) is 0 Å². The third-order valence-corrected chi connectivity index (χ3v) is 6.77. The number of aryl methyl sites for hydroxylation is 1. The Balaban J connectivity index is 1.55. The maximum atomic E-state index is 14.1. The van der Waals surface area contributed by atoms with E-state index in [1.807, 2.05) is 13.8 Å². The van der Waals surface area contributed by atoms with E-state index in [1.165, 1.54) is 18.2 Å². The lowest BCUT2D eigenvalue weighted by molar-refractivity contribution is -0.00589. The van der Waals surface area contributed by atoms with Gasteiger partial charge in [-0.25, -0.2) is 4.39 Å². The number of nitrogens with zero attached hydrogens (tertiary/aromatic N) is 1. The Bertz CT molecular complexity index is 1010. The lowest BCUT2D eigenvalue weighted by atomic mass is 9.81. The van der Waals surface area contributed by atoms with Crippen molar-refractivity contribution in [3.05, 3.63) is 62.4 Å². The van der Waals surface area contributed by atoms with Gasteiger partial charge in [0.05, 0.1) is 22.6 Å². The summed E-state index contributed by atoms with van der Waals surface area (Å²) in [5.41, 5.74) is 1.37. The smallest absolute Gasteiger partial charge is 0.258 e. The van der Waals surface area contributed by atoms with Gasteiger partial charge in [-0.2, -0.15) is 0 Å². The Morgan fingerprint density at radius 3 is 2.55 bits per heavy atom. The number of ketones is 1. The molecule has 0 saturated carbocycles. The second-order valence-corrected chi connectivity index (χ2v) is 8.56. The second kappa shape index (κ2) is 7.29. The molecular formula is C22H20Cl2FNO3. The molecule has 0 aromatic heterocycles. The molecule has 4 rings (SSSR count). The SMILES string of the molecule is Cc1cc2c(c(C)c1Cl)C(=O)CC1(CCN(C(=O)c3c(F)cccc3Cl)CC1)O2. The van der Waals surface area contributed by atoms with E-state index in [0.29, 0.717) is 42.3 Å². The zero-order chi connectivity index (χ0) is 20.9. The summed E-state index contributed by atoms with van der Waals surface area (Å²) in [6.07, 6.45) is 1.20. The van der Waals surface area contributed by atoms with Crippen LogP contribution >= 0.6 is 23.2 Å². The van der Waals surface area contributed by atoms with Crippen molar-refractivity contribution in [2.45, 2.75) is 38.7 Å². The van der Waals surface area contributed by atoms with Crippen LogP contribution in [-0.4, -0.2) is 35.3 Å². The number of amides is 1. The van der Waals surface area contributed by atoms with Gasteiger partial charge in [0.1, 0.15) is 17.2 Å². The molecule has 4 nitrogen and oxygen atoms in total. The zero-order valence-electron chi connectivity index (χ0n) is 16.2. The van der Waals surface area contributed by atoms with Crippen LogP contribution in [0.2, 0.25) is 10.0 Å². The molecule has 2 aromatic rings. The first-order chi connectivity index (χ1) is 13.7. The Morgan fingerprint density at radius 1 is 1.21 bits per heavy atom. The molecule has 0 aliphatic carbocycles. The van der Waals surface area contributed by atoms with Crippen molar-refractivity contribution in [1.29, 1.82) is 0 Å². The zero-order valence-corrected chi connectivity index (χ0v) is 17.7. The number of halogens is 3. The Labute approximate surface area is 178 Å². The molecule has 7 heteroatoms. The average Bonchev–Trinajstić information content (AvgIpc) is 2.66. The van der Waals surface area contributed by atoms with E-state index < -0.39 is 17.3 Å². The molecule has 0 N–H and O–H groups in total. The monoisotopic (exact) mass is 435 g/mol. The highest BCUT2D eigenvalue weighted by atomic mass is 35.5. The number of carbonyl (C=O) groups is 2. The van der Waals surface area contributed by atoms with Gasteiger partial charge in [-0.15, -0.1) is 0 Å². The molecule has 1 amide bonds. The Kier molecular flexibility index (Phi) is 5.07. The molecule has 0 unspecified atom stereocenters. The number of benzene rings is 2. The highest BCUT2D eigenvalue weighted by molar-refractivity contribution is 6.34. The van der Waals surface area contributed by atoms with Gasteiger partial charge in [0.15, 0.2) is 5.78 Å². The fourth-order valence-electron chi connectivity index (χ4n) is 4.26. The number of carbonyl (C=O) groups excluding carboxylic acids is 2. The minimum absolute atomic E-state index is 0.00238. The van der Waals surface area contributed by atoms with Gasteiger partial charge in [-0.05, 0) is 43.2 Å². The summed E-state index contributed by atoms with van der Waals surface area (Å²) >= 11 is 12.3. The van der Waals surface area contributed by atoms with Gasteiger partial charge in [0, 0.05) is 31.0 Å². The van der Waals surface area contributed by atoms with Gasteiger partial charge in [-0.3, -0.25) is 9.59 Å². The molecule has 29 heavy (non-hydrogen) atoms. The number of ether oxygens (including phenoxy) is 1. The van der Waals surface area contributed by atoms with Crippen LogP contribution in [0, 0.1) is 19.7 Å². The molecule has 1 spiro atoms. The number of Topliss-reactive ketones (excluding diaryl/α,β-unsaturated/α-hetero) is 1. The van der Waals surface area contributed by atoms with Gasteiger partial charge in [0.25, 0.3) is 5.91 Å². The third kappa shape index (κ3) is 3.40. The van der Waals surface area contributed by atoms with Crippen molar-refractivity contribution in [2.75, 3.05) is 13.1 Å². The third-order valence-electron chi connectivity index (χ3n) is 5.87. The highest BCUT2D eigenvalue weighted by Crippen LogP contribution is 2.43. The minimum Gasteiger partial charge on any atom is -0.486 e. The van der Waals surface area contributed by atoms with Crippen molar-refractivity contribution in [2.24, 2.45) is 0 Å². The topological polar surface area (TPSA) is 46.6 Å². The molecular weight excluding hydrogens is 416 g/mol. The van der Waals surface area contributed by atoms with E-state index in [9.17, 15) is 14.0 Å². The lowest BCUT2D eigenvalue weighted by Gasteiger charge is -2.44. The fourth-order valence-corrected chi connectivity index (χ4v) is 4.65. The van der Waals surface area contributed by atoms with Crippen molar-refractivity contribution in [3.63, 3.8) is 0 Å². The molecule has 2 aliphatic heterocycles. The first-order valence-corrected chi connectivity index (χ1v) is 10.2. The number of hydrogen-bond donors (Lipinski definition) is 0. The van der Waals surface area contributed by atoms with E-state index in [-0.39, 0.29) is 22.8 Å². The maximum Gasteiger partial charge on any atom is 0.258 e. The number of fused-ring (bicyclic) bond motifs is 1. The van der Waals surface area contributed by atoms with Crippen LogP contribution in [-0.2, 0) is 0 Å². The summed E-state index contributed by atoms with van der Waals surface area (Å²) < 4.78 is 20.4. The second-order valence-electron chi connectivity index (χ2n) is 7.78. The van der Waals surface area contributed by atoms with Crippen molar-refractivity contribution >= 4 is 34.9 Å². The van der Waals surface area contributed by atoms with Crippen molar-refractivity contribution in [1.82, 2.24) is 4.90 Å². The standard InChI is InChI=1S/C22H20Cl2FNO3/c1-12-10-17-18(13(2)20(12)24)16(27)11-22(29-17)6-8-26(9-7-22)21(28)19-14(23)4-3-5-15(19)25/h3-5,10H,6-9,11H2,1-2H3. The summed E-state index contributed by atoms with van der Waals surface area (Å²) in [5.74, 6) is -0.521. The minimum atomic E-state index is -0.660. The van der Waals surface area contributed by atoms with E-state index in [1.54, 1.807) is 11.0 Å². The maximum absolute atomic E-state index is 14.1. The first-order valence-electron chi connectivity index (χ1n) is 9.48. The van der Waals surface area contributed by atoms with Crippen LogP contribution in [0.25, 0.3) is 0 Å². The summed E-state index contributed by atoms with van der Waals surface area (Å²) in [6.45, 7) is 4.42. The number of hydrogen-bond acceptors (Lipinski definition) is 3. The average molecular weight is 436 g/mol. The molecule has 0 radical (unpaired) electrons. The van der Waals surface area contributed by atoms with Crippen LogP contribution < -0.4 is 4.74 Å². The molecule has 1 fully saturated rings. The van der Waals surface area contributed by atoms with Gasteiger partial charge < -0.3 is 9.64 Å². The summed E-state index contributed by atoms with van der Waals surface area (Å²) in [5, 5.41) is 0.676. The number of piperidine rings is 1. The van der Waals surface area contributed by atoms with E-state index in [0.717, 1.165) is 11.1 Å². The molecule has 0 atom stereocenters. The molecule has 2 aliphatic rings. The van der Waals surface area contributed by atoms with Gasteiger partial charge in [-0.1, -0.05) is 29.3 Å². The van der Waals surface area contributed by atoms with Crippen LogP contribution in [0.5, 0.6) is 5.75 Å². The van der Waals surface area contributed by atoms with E-state index in [2.05, 4.69) is 0 Å². The molecule has 1 saturated heterocycles. The van der Waals surface area contributed by atoms with Crippen LogP contribution in [0.4, 0.5) is 4.39 Å². The predicted octanol–water partition coefficient (Wildman–Crippen LogP) is 5.39. The Hall–Kier alpha value is -2.11. The quantitative estimate of drug-likeness (QED) is 0.602. The number of rotatable bonds is 1. The van der Waals surface area contributed by atoms with Crippen molar-refractivity contribution in [3.8, 4) is 5.75 Å². The predicted molar refractivity (Wildman–Crippen MR) is 110 cm³/mol. The molecule has 2 heterocycles. The van der Waals surface area contributed by atoms with Crippen LogP contribution in [0.1, 0.15) is 51.1 Å². The molecule has 2 aromatic carbocycles. The first kappa shape index (κ1) is 20.2. The van der Waals surface area contributed by atoms with E-state index >= 15 is 0 Å². The summed E-state index contributed by atoms with van der Waals surface area (Å²) in [7, 11) is 0. The Morgan fingerprint density at radius 2 is 1.90 bits per heavy atom. The lowest BCUT2D eigenvalue weighted by Crippen LogP contribution is -2.52. The summed E-state index contributed by atoms with van der Waals surface area (Å²) in [4.78, 5) is 27.2. The largest absolute Gasteiger partial charge is 0.486 e. The van der Waals surface area contributed by atoms with Crippen LogP contribution in [0.15, 0.2) is 24.3 Å². The van der Waals surface area contributed by atoms with Gasteiger partial charge >= 0.3 is 0 Å². The fraction of sp³-hybridized carbons (Fsp3) is 0.364. The summed E-state index contributed by atoms with van der Waals surface area (Å²) in [6, 6.07) is 5.99. The van der Waals surface area contributed by atoms with Crippen LogP contribution in [0.3, 0.4) is 0 Å². The highest BCUT2D eigenvalue weighted by Gasteiger charge is 2.44. The normalized spacial score (nSPS) is 17.8. The number of likely N-dealkylation sites (tertiary alicyclic amines) is 1. The van der Waals surface area contributed by atoms with Crippen molar-refractivity contribution < 1.29 is 18.7 Å². The molecule has 0 bridgehead atoms.